The summed E-state index contributed by atoms with van der Waals surface area (Å²) in [6.45, 7) is 6.60. The van der Waals surface area contributed by atoms with E-state index in [1.165, 1.54) is 148 Å². The van der Waals surface area contributed by atoms with E-state index in [0.29, 0.717) is 19.3 Å². The van der Waals surface area contributed by atoms with Crippen molar-refractivity contribution in [3.63, 3.8) is 0 Å². The molecule has 0 saturated heterocycles. The third-order valence-corrected chi connectivity index (χ3v) is 11.4. The lowest BCUT2D eigenvalue weighted by Crippen LogP contribution is -2.30. The topological polar surface area (TPSA) is 78.9 Å². The molecule has 0 heterocycles. The first kappa shape index (κ1) is 57.6. The highest BCUT2D eigenvalue weighted by molar-refractivity contribution is 5.71. The molecule has 0 rings (SSSR count). The monoisotopic (exact) mass is 843 g/mol. The first-order chi connectivity index (χ1) is 29.5. The molecule has 0 amide bonds. The summed E-state index contributed by atoms with van der Waals surface area (Å²) in [5.74, 6) is -0.890. The van der Waals surface area contributed by atoms with Gasteiger partial charge in [0.2, 0.25) is 0 Å². The predicted octanol–water partition coefficient (Wildman–Crippen LogP) is 16.9. The van der Waals surface area contributed by atoms with Crippen LogP contribution in [0.4, 0.5) is 0 Å². The van der Waals surface area contributed by atoms with Gasteiger partial charge in [-0.25, -0.2) is 0 Å². The van der Waals surface area contributed by atoms with Crippen molar-refractivity contribution in [3.8, 4) is 0 Å². The smallest absolute Gasteiger partial charge is 0.306 e. The number of carbonyl (C=O) groups is 3. The summed E-state index contributed by atoms with van der Waals surface area (Å²) in [6.07, 6.45) is 56.9. The van der Waals surface area contributed by atoms with Crippen LogP contribution in [0.25, 0.3) is 0 Å². The Morgan fingerprint density at radius 3 is 0.967 bits per heavy atom. The maximum atomic E-state index is 12.8. The molecule has 0 aliphatic carbocycles. The van der Waals surface area contributed by atoms with E-state index >= 15 is 0 Å². The van der Waals surface area contributed by atoms with E-state index in [2.05, 4.69) is 57.2 Å². The molecule has 0 aromatic heterocycles. The van der Waals surface area contributed by atoms with E-state index in [9.17, 15) is 14.4 Å². The van der Waals surface area contributed by atoms with E-state index in [4.69, 9.17) is 14.2 Å². The van der Waals surface area contributed by atoms with Gasteiger partial charge in [0.25, 0.3) is 0 Å². The van der Waals surface area contributed by atoms with Crippen molar-refractivity contribution < 1.29 is 28.6 Å². The number of rotatable bonds is 47. The van der Waals surface area contributed by atoms with Crippen molar-refractivity contribution >= 4 is 17.9 Å². The highest BCUT2D eigenvalue weighted by Crippen LogP contribution is 2.15. The quantitative estimate of drug-likeness (QED) is 0.0263. The number of unbranched alkanes of at least 4 members (excludes halogenated alkanes) is 30. The van der Waals surface area contributed by atoms with Crippen molar-refractivity contribution in [1.29, 1.82) is 0 Å². The van der Waals surface area contributed by atoms with Crippen molar-refractivity contribution in [1.82, 2.24) is 0 Å². The average Bonchev–Trinajstić information content (AvgIpc) is 3.24. The SMILES string of the molecule is CCCCC/C=C\C/C=C\CCCCCCCC(=O)OC[C@H](COC(=O)CCCCCCC/C=C\CCCCCCCC)OC(=O)CCCCCCCCCCCCCC. The van der Waals surface area contributed by atoms with Gasteiger partial charge >= 0.3 is 17.9 Å². The molecular weight excluding hydrogens is 745 g/mol. The molecule has 0 spiro atoms. The van der Waals surface area contributed by atoms with Gasteiger partial charge in [-0.2, -0.15) is 0 Å². The van der Waals surface area contributed by atoms with Gasteiger partial charge in [-0.1, -0.05) is 211 Å². The third kappa shape index (κ3) is 46.7. The van der Waals surface area contributed by atoms with Gasteiger partial charge in [0, 0.05) is 19.3 Å². The Morgan fingerprint density at radius 1 is 0.333 bits per heavy atom. The molecule has 1 atom stereocenters. The van der Waals surface area contributed by atoms with Gasteiger partial charge in [0.1, 0.15) is 13.2 Å². The average molecular weight is 843 g/mol. The van der Waals surface area contributed by atoms with Crippen LogP contribution in [0, 0.1) is 0 Å². The molecule has 0 aromatic rings. The van der Waals surface area contributed by atoms with Crippen molar-refractivity contribution in [3.05, 3.63) is 36.5 Å². The lowest BCUT2D eigenvalue weighted by molar-refractivity contribution is -0.167. The molecule has 0 aliphatic rings. The molecule has 0 aliphatic heterocycles. The molecule has 6 heteroatoms. The molecule has 0 saturated carbocycles. The Morgan fingerprint density at radius 2 is 0.600 bits per heavy atom. The summed E-state index contributed by atoms with van der Waals surface area (Å²) in [6, 6.07) is 0. The number of hydrogen-bond acceptors (Lipinski definition) is 6. The lowest BCUT2D eigenvalue weighted by Gasteiger charge is -2.18. The fourth-order valence-electron chi connectivity index (χ4n) is 7.41. The molecule has 0 aromatic carbocycles. The number of hydrogen-bond donors (Lipinski definition) is 0. The van der Waals surface area contributed by atoms with Crippen LogP contribution < -0.4 is 0 Å². The summed E-state index contributed by atoms with van der Waals surface area (Å²) < 4.78 is 16.8. The minimum atomic E-state index is -0.776. The van der Waals surface area contributed by atoms with Crippen LogP contribution in [-0.2, 0) is 28.6 Å². The normalized spacial score (nSPS) is 12.2. The maximum absolute atomic E-state index is 12.8. The first-order valence-electron chi connectivity index (χ1n) is 26.0. The Balaban J connectivity index is 4.38. The number of ether oxygens (including phenoxy) is 3. The van der Waals surface area contributed by atoms with Gasteiger partial charge in [0.05, 0.1) is 0 Å². The van der Waals surface area contributed by atoms with Crippen LogP contribution in [-0.4, -0.2) is 37.2 Å². The van der Waals surface area contributed by atoms with Gasteiger partial charge in [-0.05, 0) is 77.0 Å². The number of esters is 3. The Bertz CT molecular complexity index is 1020. The summed E-state index contributed by atoms with van der Waals surface area (Å²) in [5.41, 5.74) is 0. The van der Waals surface area contributed by atoms with E-state index < -0.39 is 6.10 Å². The van der Waals surface area contributed by atoms with Gasteiger partial charge in [-0.3, -0.25) is 14.4 Å². The zero-order valence-corrected chi connectivity index (χ0v) is 40.0. The van der Waals surface area contributed by atoms with Crippen LogP contribution >= 0.6 is 0 Å². The second-order valence-corrected chi connectivity index (χ2v) is 17.4. The number of carbonyl (C=O) groups excluding carboxylic acids is 3. The third-order valence-electron chi connectivity index (χ3n) is 11.4. The zero-order valence-electron chi connectivity index (χ0n) is 40.0. The molecule has 0 N–H and O–H groups in total. The molecule has 0 fully saturated rings. The second kappa shape index (κ2) is 49.3. The minimum Gasteiger partial charge on any atom is -0.462 e. The predicted molar refractivity (Wildman–Crippen MR) is 256 cm³/mol. The summed E-state index contributed by atoms with van der Waals surface area (Å²) >= 11 is 0. The van der Waals surface area contributed by atoms with Gasteiger partial charge in [-0.15, -0.1) is 0 Å². The van der Waals surface area contributed by atoms with Crippen LogP contribution in [0.2, 0.25) is 0 Å². The number of allylic oxidation sites excluding steroid dienone is 6. The van der Waals surface area contributed by atoms with Crippen molar-refractivity contribution in [2.45, 2.75) is 277 Å². The van der Waals surface area contributed by atoms with Gasteiger partial charge < -0.3 is 14.2 Å². The van der Waals surface area contributed by atoms with Crippen LogP contribution in [0.3, 0.4) is 0 Å². The van der Waals surface area contributed by atoms with Crippen molar-refractivity contribution in [2.75, 3.05) is 13.2 Å². The molecule has 60 heavy (non-hydrogen) atoms. The molecule has 0 radical (unpaired) electrons. The lowest BCUT2D eigenvalue weighted by atomic mass is 10.0. The van der Waals surface area contributed by atoms with E-state index in [1.54, 1.807) is 0 Å². The second-order valence-electron chi connectivity index (χ2n) is 17.4. The summed E-state index contributed by atoms with van der Waals surface area (Å²) in [5, 5.41) is 0. The van der Waals surface area contributed by atoms with E-state index in [-0.39, 0.29) is 31.1 Å². The largest absolute Gasteiger partial charge is 0.462 e. The molecular formula is C54H98O6. The van der Waals surface area contributed by atoms with Crippen LogP contribution in [0.1, 0.15) is 271 Å². The molecule has 0 bridgehead atoms. The molecule has 6 nitrogen and oxygen atoms in total. The molecule has 350 valence electrons. The summed E-state index contributed by atoms with van der Waals surface area (Å²) in [4.78, 5) is 37.9. The van der Waals surface area contributed by atoms with Crippen LogP contribution in [0.5, 0.6) is 0 Å². The zero-order chi connectivity index (χ0) is 43.7. The minimum absolute atomic E-state index is 0.0783. The maximum Gasteiger partial charge on any atom is 0.306 e. The van der Waals surface area contributed by atoms with E-state index in [1.807, 2.05) is 0 Å². The highest BCUT2D eigenvalue weighted by Gasteiger charge is 2.19. The summed E-state index contributed by atoms with van der Waals surface area (Å²) in [7, 11) is 0. The Labute approximate surface area is 372 Å². The first-order valence-corrected chi connectivity index (χ1v) is 26.0. The van der Waals surface area contributed by atoms with E-state index in [0.717, 1.165) is 83.5 Å². The highest BCUT2D eigenvalue weighted by atomic mass is 16.6. The Hall–Kier alpha value is -2.37. The van der Waals surface area contributed by atoms with Crippen LogP contribution in [0.15, 0.2) is 36.5 Å². The van der Waals surface area contributed by atoms with Crippen molar-refractivity contribution in [2.24, 2.45) is 0 Å². The fourth-order valence-corrected chi connectivity index (χ4v) is 7.41. The fraction of sp³-hybridized carbons (Fsp3) is 0.833. The molecule has 0 unspecified atom stereocenters. The van der Waals surface area contributed by atoms with Gasteiger partial charge in [0.15, 0.2) is 6.10 Å². The Kier molecular flexibility index (Phi) is 47.3. The standard InChI is InChI=1S/C54H98O6/c1-4-7-10-13-16-19-22-25-27-29-32-34-37-40-43-46-52(55)58-49-51(60-54(57)48-45-42-39-36-31-24-21-18-15-12-9-6-3)50-59-53(56)47-44-41-38-35-33-30-28-26-23-20-17-14-11-8-5-2/h16,19,25-28,51H,4-15,17-18,20-24,29-50H2,1-3H3/b19-16-,27-25-,28-26-/t51-/m1/s1.